The Morgan fingerprint density at radius 3 is 2.37 bits per heavy atom. The van der Waals surface area contributed by atoms with Gasteiger partial charge in [0.05, 0.1) is 53.2 Å². The fraction of sp³-hybridized carbons (Fsp3) is 0.333. The second-order valence-corrected chi connectivity index (χ2v) is 12.0. The molecule has 1 aromatic carbocycles. The molecule has 4 aromatic heterocycles. The quantitative estimate of drug-likeness (QED) is 0.185. The van der Waals surface area contributed by atoms with Crippen LogP contribution in [0.5, 0.6) is 0 Å². The lowest BCUT2D eigenvalue weighted by Gasteiger charge is -2.22. The number of carbonyl (C=O) groups is 2. The van der Waals surface area contributed by atoms with Crippen LogP contribution < -0.4 is 10.9 Å². The van der Waals surface area contributed by atoms with E-state index in [2.05, 4.69) is 30.7 Å². The van der Waals surface area contributed by atoms with Crippen molar-refractivity contribution in [2.75, 3.05) is 5.32 Å². The van der Waals surface area contributed by atoms with Gasteiger partial charge in [0.25, 0.3) is 5.56 Å². The van der Waals surface area contributed by atoms with Crippen molar-refractivity contribution in [3.8, 4) is 28.2 Å². The molecule has 1 aliphatic heterocycles. The van der Waals surface area contributed by atoms with Crippen LogP contribution in [0.1, 0.15) is 62.7 Å². The van der Waals surface area contributed by atoms with Crippen LogP contribution in [0.25, 0.3) is 28.2 Å². The molecule has 54 heavy (non-hydrogen) atoms. The number of aliphatic carboxylic acids is 1. The van der Waals surface area contributed by atoms with Gasteiger partial charge in [0.15, 0.2) is 5.69 Å². The fourth-order valence-electron chi connectivity index (χ4n) is 5.61. The Hall–Kier alpha value is -6.02. The van der Waals surface area contributed by atoms with Crippen molar-refractivity contribution in [2.24, 2.45) is 5.92 Å². The molecule has 1 amide bonds. The lowest BCUT2D eigenvalue weighted by molar-refractivity contribution is -0.192. The fourth-order valence-corrected chi connectivity index (χ4v) is 5.61. The number of carboxylic acid groups (broad SMARTS) is 1. The van der Waals surface area contributed by atoms with E-state index in [0.29, 0.717) is 47.2 Å². The Morgan fingerprint density at radius 1 is 1.04 bits per heavy atom. The maximum absolute atomic E-state index is 14.0. The van der Waals surface area contributed by atoms with Crippen LogP contribution in [-0.4, -0.2) is 62.5 Å². The number of alkyl halides is 8. The van der Waals surface area contributed by atoms with Gasteiger partial charge in [-0.3, -0.25) is 19.1 Å². The highest BCUT2D eigenvalue weighted by Gasteiger charge is 2.38. The van der Waals surface area contributed by atoms with Crippen LogP contribution in [0.2, 0.25) is 0 Å². The number of benzene rings is 1. The molecule has 286 valence electrons. The molecule has 0 aliphatic carbocycles. The largest absolute Gasteiger partial charge is 0.490 e. The molecule has 6 rings (SSSR count). The number of nitrogens with one attached hydrogen (secondary N) is 1. The van der Waals surface area contributed by atoms with Crippen molar-refractivity contribution < 1.29 is 49.8 Å². The first kappa shape index (κ1) is 39.2. The van der Waals surface area contributed by atoms with Crippen molar-refractivity contribution in [2.45, 2.75) is 64.5 Å². The third-order valence-corrected chi connectivity index (χ3v) is 8.39. The summed E-state index contributed by atoms with van der Waals surface area (Å²) in [7, 11) is 0. The molecule has 2 bridgehead atoms. The van der Waals surface area contributed by atoms with Crippen molar-refractivity contribution in [3.63, 3.8) is 0 Å². The van der Waals surface area contributed by atoms with Crippen LogP contribution in [0.3, 0.4) is 0 Å². The number of carbonyl (C=O) groups excluding carboxylic acids is 1. The molecule has 5 heterocycles. The van der Waals surface area contributed by atoms with Gasteiger partial charge in [-0.2, -0.15) is 40.2 Å². The number of fused-ring (bicyclic) bond motifs is 4. The van der Waals surface area contributed by atoms with Crippen molar-refractivity contribution >= 4 is 17.6 Å². The third-order valence-electron chi connectivity index (χ3n) is 8.39. The zero-order valence-corrected chi connectivity index (χ0v) is 28.1. The second-order valence-electron chi connectivity index (χ2n) is 12.0. The number of nitrogens with zero attached hydrogens (tertiary/aromatic N) is 8. The molecule has 5 aromatic rings. The number of anilines is 1. The van der Waals surface area contributed by atoms with Crippen LogP contribution in [0.15, 0.2) is 66.1 Å². The maximum atomic E-state index is 14.0. The van der Waals surface area contributed by atoms with Gasteiger partial charge in [-0.15, -0.1) is 5.10 Å². The minimum atomic E-state index is -5.08. The molecule has 0 saturated carbocycles. The molecule has 0 spiro atoms. The topological polar surface area (TPSA) is 163 Å². The maximum Gasteiger partial charge on any atom is 0.490 e. The number of rotatable bonds is 5. The van der Waals surface area contributed by atoms with Gasteiger partial charge in [0.1, 0.15) is 0 Å². The number of carboxylic acids is 1. The van der Waals surface area contributed by atoms with Crippen molar-refractivity contribution in [3.05, 3.63) is 88.6 Å². The average Bonchev–Trinajstić information content (AvgIpc) is 3.78. The van der Waals surface area contributed by atoms with Gasteiger partial charge in [-0.25, -0.2) is 19.1 Å². The molecular formula is C33H29F8N9O4. The first-order valence-corrected chi connectivity index (χ1v) is 16.0. The van der Waals surface area contributed by atoms with E-state index >= 15 is 0 Å². The summed E-state index contributed by atoms with van der Waals surface area (Å²) in [5.74, 6) is -3.58. The summed E-state index contributed by atoms with van der Waals surface area (Å²) in [5, 5.41) is 20.5. The summed E-state index contributed by atoms with van der Waals surface area (Å²) in [5.41, 5.74) is 0.859. The van der Waals surface area contributed by atoms with E-state index in [4.69, 9.17) is 9.90 Å². The Bertz CT molecular complexity index is 2210. The predicted octanol–water partition coefficient (Wildman–Crippen LogP) is 6.71. The highest BCUT2D eigenvalue weighted by Crippen LogP contribution is 2.35. The summed E-state index contributed by atoms with van der Waals surface area (Å²) in [6, 6.07) is 8.75. The van der Waals surface area contributed by atoms with Crippen LogP contribution in [0.4, 0.5) is 40.8 Å². The molecule has 2 atom stereocenters. The van der Waals surface area contributed by atoms with E-state index in [1.54, 1.807) is 31.2 Å². The lowest BCUT2D eigenvalue weighted by atomic mass is 9.97. The Labute approximate surface area is 299 Å². The summed E-state index contributed by atoms with van der Waals surface area (Å²) in [6.45, 7) is 0.650. The zero-order valence-electron chi connectivity index (χ0n) is 28.1. The number of pyridine rings is 1. The molecule has 1 aliphatic rings. The zero-order chi connectivity index (χ0) is 39.5. The van der Waals surface area contributed by atoms with Gasteiger partial charge in [0, 0.05) is 29.3 Å². The Morgan fingerprint density at radius 2 is 1.76 bits per heavy atom. The second kappa shape index (κ2) is 15.5. The monoisotopic (exact) mass is 767 g/mol. The van der Waals surface area contributed by atoms with E-state index in [1.807, 2.05) is 6.92 Å². The van der Waals surface area contributed by atoms with Crippen LogP contribution in [0, 0.1) is 5.92 Å². The number of amides is 1. The van der Waals surface area contributed by atoms with Crippen LogP contribution in [-0.2, 0) is 22.2 Å². The van der Waals surface area contributed by atoms with Gasteiger partial charge in [0.2, 0.25) is 5.91 Å². The molecule has 0 fully saturated rings. The number of halogens is 8. The Kier molecular flexibility index (Phi) is 11.3. The third kappa shape index (κ3) is 8.60. The number of aromatic nitrogens is 8. The highest BCUT2D eigenvalue weighted by atomic mass is 19.4. The molecule has 13 nitrogen and oxygen atoms in total. The first-order chi connectivity index (χ1) is 25.4. The first-order valence-electron chi connectivity index (χ1n) is 16.0. The predicted molar refractivity (Wildman–Crippen MR) is 173 cm³/mol. The number of hydrogen-bond acceptors (Lipinski definition) is 8. The summed E-state index contributed by atoms with van der Waals surface area (Å²) in [6.07, 6.45) is -3.14. The molecule has 2 N–H and O–H groups in total. The smallest absolute Gasteiger partial charge is 0.475 e. The van der Waals surface area contributed by atoms with E-state index < -0.39 is 48.1 Å². The van der Waals surface area contributed by atoms with Crippen molar-refractivity contribution in [1.82, 2.24) is 39.3 Å². The minimum absolute atomic E-state index is 0.00512. The van der Waals surface area contributed by atoms with E-state index in [9.17, 15) is 44.7 Å². The van der Waals surface area contributed by atoms with E-state index in [1.165, 1.54) is 35.4 Å². The normalized spacial score (nSPS) is 16.4. The minimum Gasteiger partial charge on any atom is -0.475 e. The summed E-state index contributed by atoms with van der Waals surface area (Å²) >= 11 is 0. The highest BCUT2D eigenvalue weighted by molar-refractivity contribution is 5.95. The molecule has 0 saturated heterocycles. The Balaban J connectivity index is 0.000000730. The van der Waals surface area contributed by atoms with E-state index in [0.717, 1.165) is 16.4 Å². The van der Waals surface area contributed by atoms with Crippen LogP contribution >= 0.6 is 0 Å². The summed E-state index contributed by atoms with van der Waals surface area (Å²) in [4.78, 5) is 44.6. The number of aryl methyl sites for hydroxylation is 1. The van der Waals surface area contributed by atoms with Gasteiger partial charge < -0.3 is 10.4 Å². The van der Waals surface area contributed by atoms with Gasteiger partial charge in [-0.1, -0.05) is 31.5 Å². The van der Waals surface area contributed by atoms with Crippen molar-refractivity contribution in [1.29, 1.82) is 0 Å². The van der Waals surface area contributed by atoms with Gasteiger partial charge >= 0.3 is 24.9 Å². The average molecular weight is 768 g/mol. The molecular weight excluding hydrogens is 738 g/mol. The SMILES string of the molecule is CCc1ccc(-n2cc(C(F)(F)F)nn2)c(-c2cc(=O)n([C@H]3CCC[C@@H](C)C(=O)Nc4cnn(C(F)F)c4-c4ccnc3c4)cn2)c1.O=C(O)C(F)(F)F. The number of hydrogen-bond donors (Lipinski definition) is 2. The van der Waals surface area contributed by atoms with E-state index in [-0.39, 0.29) is 28.7 Å². The molecule has 0 radical (unpaired) electrons. The summed E-state index contributed by atoms with van der Waals surface area (Å²) < 4.78 is 102. The van der Waals surface area contributed by atoms with Gasteiger partial charge in [-0.05, 0) is 49.1 Å². The standard InChI is InChI=1S/C31H28F5N9O2.C2HF3O2/c1-3-18-7-8-24(44-15-26(41-42-44)31(34,35)36)20(11-18)21-13-27(46)43(16-38-21)25-6-4-5-17(2)29(47)40-23-14-39-45(30(32)33)28(23)19-9-10-37-22(25)12-19;3-2(4,5)1(6)7/h7-17,25,30H,3-6H2,1-2H3,(H,40,47);(H,6,7)/t17-,25+;/m1./s1. The molecule has 21 heteroatoms. The molecule has 0 unspecified atom stereocenters. The lowest BCUT2D eigenvalue weighted by Crippen LogP contribution is -2.27.